The third-order valence-electron chi connectivity index (χ3n) is 7.76. The van der Waals surface area contributed by atoms with E-state index in [1.165, 1.54) is 51.4 Å². The van der Waals surface area contributed by atoms with Crippen LogP contribution in [0.3, 0.4) is 0 Å². The highest BCUT2D eigenvalue weighted by Gasteiger charge is 2.49. The number of esters is 1. The summed E-state index contributed by atoms with van der Waals surface area (Å²) in [7, 11) is 0. The maximum atomic E-state index is 11.8. The molecule has 4 aliphatic carbocycles. The van der Waals surface area contributed by atoms with Crippen molar-refractivity contribution in [3.63, 3.8) is 0 Å². The zero-order chi connectivity index (χ0) is 16.0. The Kier molecular flexibility index (Phi) is 4.42. The minimum absolute atomic E-state index is 0.133. The first-order valence-electron chi connectivity index (χ1n) is 10.1. The van der Waals surface area contributed by atoms with Gasteiger partial charge in [0.25, 0.3) is 0 Å². The van der Waals surface area contributed by atoms with E-state index < -0.39 is 6.04 Å². The second kappa shape index (κ2) is 6.38. The number of hydrogen-bond donors (Lipinski definition) is 1. The van der Waals surface area contributed by atoms with Crippen molar-refractivity contribution in [2.75, 3.05) is 0 Å². The number of fused-ring (bicyclic) bond motifs is 5. The van der Waals surface area contributed by atoms with Crippen LogP contribution in [0, 0.1) is 35.5 Å². The van der Waals surface area contributed by atoms with Gasteiger partial charge in [-0.05, 0) is 93.8 Å². The Morgan fingerprint density at radius 2 is 1.52 bits per heavy atom. The molecule has 0 aromatic heterocycles. The molecule has 0 radical (unpaired) electrons. The number of carbonyl (C=O) groups is 1. The van der Waals surface area contributed by atoms with Gasteiger partial charge in [0, 0.05) is 0 Å². The lowest BCUT2D eigenvalue weighted by atomic mass is 9.53. The van der Waals surface area contributed by atoms with Crippen LogP contribution in [0.2, 0.25) is 0 Å². The standard InChI is InChI=1S/C20H33NO2/c1-12(21)20(22)23-15-7-10-17-14(11-15)6-9-18-16-4-2-3-13(16)5-8-19(17)18/h12-19H,2-11,21H2,1H3. The summed E-state index contributed by atoms with van der Waals surface area (Å²) in [5.74, 6) is 5.64. The first kappa shape index (κ1) is 15.9. The number of rotatable bonds is 2. The van der Waals surface area contributed by atoms with Gasteiger partial charge in [0.1, 0.15) is 12.1 Å². The van der Waals surface area contributed by atoms with Crippen molar-refractivity contribution in [1.29, 1.82) is 0 Å². The maximum Gasteiger partial charge on any atom is 0.322 e. The van der Waals surface area contributed by atoms with Gasteiger partial charge in [-0.1, -0.05) is 12.8 Å². The normalized spacial score (nSPS) is 47.1. The van der Waals surface area contributed by atoms with Crippen LogP contribution >= 0.6 is 0 Å². The highest BCUT2D eigenvalue weighted by molar-refractivity contribution is 5.75. The Morgan fingerprint density at radius 3 is 2.26 bits per heavy atom. The van der Waals surface area contributed by atoms with Crippen LogP contribution < -0.4 is 5.73 Å². The van der Waals surface area contributed by atoms with Gasteiger partial charge in [-0.2, -0.15) is 0 Å². The fourth-order valence-corrected chi connectivity index (χ4v) is 6.81. The van der Waals surface area contributed by atoms with Crippen molar-refractivity contribution >= 4 is 5.97 Å². The van der Waals surface area contributed by atoms with E-state index in [-0.39, 0.29) is 12.1 Å². The first-order chi connectivity index (χ1) is 11.1. The molecule has 0 spiro atoms. The van der Waals surface area contributed by atoms with Gasteiger partial charge >= 0.3 is 5.97 Å². The van der Waals surface area contributed by atoms with Crippen LogP contribution in [0.25, 0.3) is 0 Å². The molecule has 0 amide bonds. The third-order valence-corrected chi connectivity index (χ3v) is 7.76. The van der Waals surface area contributed by atoms with Crippen LogP contribution in [-0.2, 0) is 9.53 Å². The van der Waals surface area contributed by atoms with Crippen molar-refractivity contribution in [2.24, 2.45) is 41.2 Å². The van der Waals surface area contributed by atoms with Crippen molar-refractivity contribution in [3.8, 4) is 0 Å². The predicted molar refractivity (Wildman–Crippen MR) is 90.6 cm³/mol. The Bertz CT molecular complexity index is 449. The molecule has 0 bridgehead atoms. The summed E-state index contributed by atoms with van der Waals surface area (Å²) in [6, 6.07) is -0.485. The van der Waals surface area contributed by atoms with Gasteiger partial charge in [0.15, 0.2) is 0 Å². The van der Waals surface area contributed by atoms with E-state index in [0.717, 1.165) is 48.3 Å². The van der Waals surface area contributed by atoms with Crippen molar-refractivity contribution in [2.45, 2.75) is 83.3 Å². The smallest absolute Gasteiger partial charge is 0.322 e. The minimum atomic E-state index is -0.485. The van der Waals surface area contributed by atoms with Crippen LogP contribution in [0.5, 0.6) is 0 Å². The van der Waals surface area contributed by atoms with E-state index in [1.54, 1.807) is 6.92 Å². The summed E-state index contributed by atoms with van der Waals surface area (Å²) in [6.07, 6.45) is 13.9. The average Bonchev–Trinajstić information content (AvgIpc) is 3.03. The molecule has 23 heavy (non-hydrogen) atoms. The first-order valence-corrected chi connectivity index (χ1v) is 10.1. The largest absolute Gasteiger partial charge is 0.461 e. The van der Waals surface area contributed by atoms with Crippen LogP contribution in [-0.4, -0.2) is 18.1 Å². The van der Waals surface area contributed by atoms with Crippen LogP contribution in [0.4, 0.5) is 0 Å². The summed E-state index contributed by atoms with van der Waals surface area (Å²) in [4.78, 5) is 11.8. The SMILES string of the molecule is CC(N)C(=O)OC1CCC2C(CCC3C4CCCC4CCC23)C1. The van der Waals surface area contributed by atoms with Gasteiger partial charge < -0.3 is 10.5 Å². The molecule has 130 valence electrons. The summed E-state index contributed by atoms with van der Waals surface area (Å²) in [6.45, 7) is 1.72. The lowest BCUT2D eigenvalue weighted by molar-refractivity contribution is -0.155. The number of carbonyl (C=O) groups excluding carboxylic acids is 1. The van der Waals surface area contributed by atoms with Gasteiger partial charge in [-0.3, -0.25) is 4.79 Å². The fraction of sp³-hybridized carbons (Fsp3) is 0.950. The third kappa shape index (κ3) is 2.94. The number of nitrogens with two attached hydrogens (primary N) is 1. The van der Waals surface area contributed by atoms with E-state index in [2.05, 4.69) is 0 Å². The van der Waals surface area contributed by atoms with Gasteiger partial charge in [0.2, 0.25) is 0 Å². The highest BCUT2D eigenvalue weighted by atomic mass is 16.5. The average molecular weight is 319 g/mol. The maximum absolute atomic E-state index is 11.8. The second-order valence-electron chi connectivity index (χ2n) is 8.92. The molecule has 3 heteroatoms. The molecular weight excluding hydrogens is 286 g/mol. The molecule has 4 saturated carbocycles. The molecule has 4 aliphatic rings. The van der Waals surface area contributed by atoms with Crippen molar-refractivity contribution in [1.82, 2.24) is 0 Å². The van der Waals surface area contributed by atoms with Crippen LogP contribution in [0.1, 0.15) is 71.1 Å². The lowest BCUT2D eigenvalue weighted by Crippen LogP contribution is -2.46. The fourth-order valence-electron chi connectivity index (χ4n) is 6.81. The Morgan fingerprint density at radius 1 is 0.870 bits per heavy atom. The molecular formula is C20H33NO2. The zero-order valence-corrected chi connectivity index (χ0v) is 14.6. The van der Waals surface area contributed by atoms with Gasteiger partial charge in [0.05, 0.1) is 0 Å². The Balaban J connectivity index is 1.39. The number of ether oxygens (including phenoxy) is 1. The molecule has 4 rings (SSSR count). The molecule has 0 aromatic rings. The van der Waals surface area contributed by atoms with Gasteiger partial charge in [-0.15, -0.1) is 0 Å². The Hall–Kier alpha value is -0.570. The Labute approximate surface area is 140 Å². The van der Waals surface area contributed by atoms with Crippen molar-refractivity contribution < 1.29 is 9.53 Å². The summed E-state index contributed by atoms with van der Waals surface area (Å²) >= 11 is 0. The lowest BCUT2D eigenvalue weighted by Gasteiger charge is -2.52. The molecule has 2 N–H and O–H groups in total. The second-order valence-corrected chi connectivity index (χ2v) is 8.92. The quantitative estimate of drug-likeness (QED) is 0.785. The van der Waals surface area contributed by atoms with E-state index in [4.69, 9.17) is 10.5 Å². The van der Waals surface area contributed by atoms with E-state index in [1.807, 2.05) is 0 Å². The monoisotopic (exact) mass is 319 g/mol. The minimum Gasteiger partial charge on any atom is -0.461 e. The van der Waals surface area contributed by atoms with E-state index in [0.29, 0.717) is 0 Å². The van der Waals surface area contributed by atoms with E-state index in [9.17, 15) is 4.79 Å². The summed E-state index contributed by atoms with van der Waals surface area (Å²) in [5.41, 5.74) is 5.65. The molecule has 8 unspecified atom stereocenters. The molecule has 4 fully saturated rings. The molecule has 3 nitrogen and oxygen atoms in total. The van der Waals surface area contributed by atoms with Gasteiger partial charge in [-0.25, -0.2) is 0 Å². The topological polar surface area (TPSA) is 52.3 Å². The molecule has 0 aromatic carbocycles. The zero-order valence-electron chi connectivity index (χ0n) is 14.6. The summed E-state index contributed by atoms with van der Waals surface area (Å²) < 4.78 is 5.64. The molecule has 0 saturated heterocycles. The molecule has 0 heterocycles. The molecule has 0 aliphatic heterocycles. The summed E-state index contributed by atoms with van der Waals surface area (Å²) in [5, 5.41) is 0. The predicted octanol–water partition coefficient (Wildman–Crippen LogP) is 3.90. The molecule has 8 atom stereocenters. The highest BCUT2D eigenvalue weighted by Crippen LogP contribution is 2.57. The van der Waals surface area contributed by atoms with E-state index >= 15 is 0 Å². The van der Waals surface area contributed by atoms with Crippen LogP contribution in [0.15, 0.2) is 0 Å². The van der Waals surface area contributed by atoms with Crippen molar-refractivity contribution in [3.05, 3.63) is 0 Å². The number of hydrogen-bond acceptors (Lipinski definition) is 3.